The molecule has 2 rings (SSSR count). The molecule has 128 valence electrons. The first-order valence-corrected chi connectivity index (χ1v) is 9.73. The smallest absolute Gasteiger partial charge is 0.244 e. The number of rotatable bonds is 8. The first kappa shape index (κ1) is 17.9. The molecule has 1 saturated heterocycles. The Morgan fingerprint density at radius 3 is 2.43 bits per heavy atom. The third-order valence-electron chi connectivity index (χ3n) is 3.97. The van der Waals surface area contributed by atoms with Gasteiger partial charge in [0.1, 0.15) is 6.04 Å². The second-order valence-corrected chi connectivity index (χ2v) is 7.72. The van der Waals surface area contributed by atoms with Gasteiger partial charge in [-0.3, -0.25) is 4.79 Å². The fraction of sp³-hybridized carbons (Fsp3) is 0.562. The van der Waals surface area contributed by atoms with E-state index in [0.29, 0.717) is 6.54 Å². The zero-order valence-electron chi connectivity index (χ0n) is 13.5. The Balaban J connectivity index is 1.98. The van der Waals surface area contributed by atoms with Crippen LogP contribution in [-0.2, 0) is 14.8 Å². The van der Waals surface area contributed by atoms with Gasteiger partial charge in [0, 0.05) is 26.2 Å². The molecule has 0 radical (unpaired) electrons. The van der Waals surface area contributed by atoms with Crippen LogP contribution in [0.1, 0.15) is 31.4 Å². The Bertz CT molecular complexity index is 598. The Kier molecular flexibility index (Phi) is 6.56. The quantitative estimate of drug-likeness (QED) is 0.689. The highest BCUT2D eigenvalue weighted by atomic mass is 32.2. The monoisotopic (exact) mass is 339 g/mol. The zero-order valence-corrected chi connectivity index (χ0v) is 14.3. The number of carbonyl (C=O) groups excluding carboxylic acids is 1. The van der Waals surface area contributed by atoms with E-state index in [1.54, 1.807) is 6.92 Å². The van der Waals surface area contributed by atoms with Crippen LogP contribution >= 0.6 is 0 Å². The van der Waals surface area contributed by atoms with Gasteiger partial charge in [0.25, 0.3) is 0 Å². The van der Waals surface area contributed by atoms with E-state index < -0.39 is 16.1 Å². The van der Waals surface area contributed by atoms with Crippen LogP contribution in [0.15, 0.2) is 30.3 Å². The zero-order chi connectivity index (χ0) is 16.7. The van der Waals surface area contributed by atoms with E-state index >= 15 is 0 Å². The highest BCUT2D eigenvalue weighted by Gasteiger charge is 2.27. The van der Waals surface area contributed by atoms with Crippen molar-refractivity contribution < 1.29 is 13.2 Å². The lowest BCUT2D eigenvalue weighted by molar-refractivity contribution is -0.132. The SMILES string of the molecule is CCS(=O)(=O)NCCNC(C(=O)N1CCCC1)c1ccccc1. The first-order chi connectivity index (χ1) is 11.0. The summed E-state index contributed by atoms with van der Waals surface area (Å²) in [5, 5.41) is 3.19. The number of hydrogen-bond acceptors (Lipinski definition) is 4. The molecular formula is C16H25N3O3S. The van der Waals surface area contributed by atoms with Gasteiger partial charge in [-0.2, -0.15) is 0 Å². The molecule has 2 N–H and O–H groups in total. The lowest BCUT2D eigenvalue weighted by Crippen LogP contribution is -2.42. The third-order valence-corrected chi connectivity index (χ3v) is 5.38. The number of amides is 1. The van der Waals surface area contributed by atoms with E-state index in [0.717, 1.165) is 31.5 Å². The summed E-state index contributed by atoms with van der Waals surface area (Å²) in [6.45, 7) is 3.86. The average Bonchev–Trinajstić information content (AvgIpc) is 3.09. The molecule has 1 atom stereocenters. The summed E-state index contributed by atoms with van der Waals surface area (Å²) in [7, 11) is -3.20. The van der Waals surface area contributed by atoms with Crippen LogP contribution in [0, 0.1) is 0 Å². The lowest BCUT2D eigenvalue weighted by atomic mass is 10.1. The van der Waals surface area contributed by atoms with Gasteiger partial charge < -0.3 is 10.2 Å². The van der Waals surface area contributed by atoms with Gasteiger partial charge in [-0.15, -0.1) is 0 Å². The van der Waals surface area contributed by atoms with Crippen LogP contribution < -0.4 is 10.0 Å². The molecule has 1 aliphatic rings. The van der Waals surface area contributed by atoms with E-state index in [9.17, 15) is 13.2 Å². The van der Waals surface area contributed by atoms with Crippen LogP contribution in [0.4, 0.5) is 0 Å². The van der Waals surface area contributed by atoms with Gasteiger partial charge in [0.2, 0.25) is 15.9 Å². The molecule has 1 heterocycles. The van der Waals surface area contributed by atoms with Gasteiger partial charge in [-0.05, 0) is 25.3 Å². The summed E-state index contributed by atoms with van der Waals surface area (Å²) < 4.78 is 25.4. The van der Waals surface area contributed by atoms with Crippen LogP contribution in [0.3, 0.4) is 0 Å². The first-order valence-electron chi connectivity index (χ1n) is 8.08. The van der Waals surface area contributed by atoms with Crippen molar-refractivity contribution in [2.24, 2.45) is 0 Å². The van der Waals surface area contributed by atoms with Crippen molar-refractivity contribution in [2.75, 3.05) is 31.9 Å². The minimum atomic E-state index is -3.20. The summed E-state index contributed by atoms with van der Waals surface area (Å²) in [5.74, 6) is 0.119. The molecule has 1 aromatic carbocycles. The van der Waals surface area contributed by atoms with E-state index in [1.807, 2.05) is 35.2 Å². The van der Waals surface area contributed by atoms with Crippen molar-refractivity contribution in [2.45, 2.75) is 25.8 Å². The fourth-order valence-electron chi connectivity index (χ4n) is 2.64. The standard InChI is InChI=1S/C16H25N3O3S/c1-2-23(21,22)18-11-10-17-15(14-8-4-3-5-9-14)16(20)19-12-6-7-13-19/h3-5,8-9,15,17-18H,2,6-7,10-13H2,1H3. The number of nitrogens with one attached hydrogen (secondary N) is 2. The number of nitrogens with zero attached hydrogens (tertiary/aromatic N) is 1. The average molecular weight is 339 g/mol. The van der Waals surface area contributed by atoms with E-state index in [1.165, 1.54) is 0 Å². The van der Waals surface area contributed by atoms with Crippen molar-refractivity contribution in [1.82, 2.24) is 14.9 Å². The van der Waals surface area contributed by atoms with Gasteiger partial charge in [0.05, 0.1) is 5.75 Å². The maximum absolute atomic E-state index is 12.7. The normalized spacial score (nSPS) is 16.5. The molecule has 0 spiro atoms. The number of carbonyl (C=O) groups is 1. The highest BCUT2D eigenvalue weighted by Crippen LogP contribution is 2.18. The van der Waals surface area contributed by atoms with Gasteiger partial charge in [-0.25, -0.2) is 13.1 Å². The summed E-state index contributed by atoms with van der Waals surface area (Å²) in [5.41, 5.74) is 0.905. The number of sulfonamides is 1. The number of benzene rings is 1. The molecule has 0 aromatic heterocycles. The minimum Gasteiger partial charge on any atom is -0.341 e. The second-order valence-electron chi connectivity index (χ2n) is 5.63. The summed E-state index contributed by atoms with van der Waals surface area (Å²) in [6, 6.07) is 9.13. The van der Waals surface area contributed by atoms with Gasteiger partial charge in [-0.1, -0.05) is 30.3 Å². The van der Waals surface area contributed by atoms with E-state index in [2.05, 4.69) is 10.0 Å². The molecule has 1 aliphatic heterocycles. The topological polar surface area (TPSA) is 78.5 Å². The van der Waals surface area contributed by atoms with Crippen LogP contribution in [0.2, 0.25) is 0 Å². The lowest BCUT2D eigenvalue weighted by Gasteiger charge is -2.24. The molecule has 7 heteroatoms. The summed E-state index contributed by atoms with van der Waals surface area (Å²) in [4.78, 5) is 14.6. The fourth-order valence-corrected chi connectivity index (χ4v) is 3.26. The Hall–Kier alpha value is -1.44. The van der Waals surface area contributed by atoms with E-state index in [-0.39, 0.29) is 18.2 Å². The summed E-state index contributed by atoms with van der Waals surface area (Å²) >= 11 is 0. The van der Waals surface area contributed by atoms with Crippen LogP contribution in [0.5, 0.6) is 0 Å². The van der Waals surface area contributed by atoms with Crippen molar-refractivity contribution in [3.63, 3.8) is 0 Å². The Labute approximate surface area is 138 Å². The number of hydrogen-bond donors (Lipinski definition) is 2. The molecule has 23 heavy (non-hydrogen) atoms. The molecule has 1 aromatic rings. The van der Waals surface area contributed by atoms with E-state index in [4.69, 9.17) is 0 Å². The second kappa shape index (κ2) is 8.42. The Morgan fingerprint density at radius 2 is 1.83 bits per heavy atom. The predicted molar refractivity (Wildman–Crippen MR) is 90.5 cm³/mol. The molecule has 0 aliphatic carbocycles. The maximum atomic E-state index is 12.7. The predicted octanol–water partition coefficient (Wildman–Crippen LogP) is 0.879. The third kappa shape index (κ3) is 5.30. The largest absolute Gasteiger partial charge is 0.341 e. The van der Waals surface area contributed by atoms with Gasteiger partial charge in [0.15, 0.2) is 0 Å². The molecule has 1 fully saturated rings. The molecule has 0 bridgehead atoms. The van der Waals surface area contributed by atoms with Crippen LogP contribution in [0.25, 0.3) is 0 Å². The van der Waals surface area contributed by atoms with Gasteiger partial charge >= 0.3 is 0 Å². The van der Waals surface area contributed by atoms with Crippen molar-refractivity contribution in [1.29, 1.82) is 0 Å². The highest BCUT2D eigenvalue weighted by molar-refractivity contribution is 7.89. The van der Waals surface area contributed by atoms with Crippen LogP contribution in [-0.4, -0.2) is 51.2 Å². The molecule has 1 amide bonds. The molecule has 0 saturated carbocycles. The molecule has 1 unspecified atom stereocenters. The van der Waals surface area contributed by atoms with Crippen molar-refractivity contribution >= 4 is 15.9 Å². The number of likely N-dealkylation sites (tertiary alicyclic amines) is 1. The maximum Gasteiger partial charge on any atom is 0.244 e. The molecule has 6 nitrogen and oxygen atoms in total. The van der Waals surface area contributed by atoms with Crippen molar-refractivity contribution in [3.05, 3.63) is 35.9 Å². The molecular weight excluding hydrogens is 314 g/mol. The van der Waals surface area contributed by atoms with Crippen molar-refractivity contribution in [3.8, 4) is 0 Å². The summed E-state index contributed by atoms with van der Waals surface area (Å²) in [6.07, 6.45) is 2.09. The Morgan fingerprint density at radius 1 is 1.17 bits per heavy atom. The minimum absolute atomic E-state index is 0.0574.